The maximum Gasteiger partial charge on any atom is 0.355 e. The summed E-state index contributed by atoms with van der Waals surface area (Å²) in [5, 5.41) is 8.27. The summed E-state index contributed by atoms with van der Waals surface area (Å²) in [6.45, 7) is 6.43. The van der Waals surface area contributed by atoms with Crippen molar-refractivity contribution < 1.29 is 23.8 Å². The van der Waals surface area contributed by atoms with Crippen LogP contribution < -0.4 is 4.74 Å². The lowest BCUT2D eigenvalue weighted by atomic mass is 9.97. The number of aryl methyl sites for hydroxylation is 3. The van der Waals surface area contributed by atoms with Crippen LogP contribution in [0.4, 0.5) is 0 Å². The van der Waals surface area contributed by atoms with Crippen LogP contribution in [0.15, 0.2) is 60.7 Å². The third-order valence-electron chi connectivity index (χ3n) is 9.51. The minimum atomic E-state index is -0.305. The third-order valence-corrected chi connectivity index (χ3v) is 9.51. The van der Waals surface area contributed by atoms with E-state index in [4.69, 9.17) is 19.3 Å². The van der Waals surface area contributed by atoms with E-state index >= 15 is 0 Å². The Bertz CT molecular complexity index is 1970. The van der Waals surface area contributed by atoms with Gasteiger partial charge in [0.2, 0.25) is 5.91 Å². The van der Waals surface area contributed by atoms with Crippen LogP contribution in [0, 0.1) is 0 Å². The second-order valence-corrected chi connectivity index (χ2v) is 12.7. The zero-order valence-electron chi connectivity index (χ0n) is 28.0. The van der Waals surface area contributed by atoms with Crippen molar-refractivity contribution in [1.29, 1.82) is 0 Å². The smallest absolute Gasteiger partial charge is 0.355 e. The number of carbonyl (C=O) groups is 2. The number of amides is 1. The van der Waals surface area contributed by atoms with Gasteiger partial charge < -0.3 is 28.6 Å². The molecule has 10 heteroatoms. The summed E-state index contributed by atoms with van der Waals surface area (Å²) in [5.74, 6) is 0.527. The van der Waals surface area contributed by atoms with E-state index in [1.165, 1.54) is 0 Å². The van der Waals surface area contributed by atoms with Gasteiger partial charge in [-0.15, -0.1) is 0 Å². The van der Waals surface area contributed by atoms with Crippen LogP contribution >= 0.6 is 0 Å². The molecule has 0 atom stereocenters. The summed E-state index contributed by atoms with van der Waals surface area (Å²) in [7, 11) is 4.10. The molecular formula is C38H43N5O5. The number of morpholine rings is 1. The van der Waals surface area contributed by atoms with Crippen molar-refractivity contribution >= 4 is 33.6 Å². The van der Waals surface area contributed by atoms with Crippen LogP contribution in [-0.4, -0.2) is 82.6 Å². The van der Waals surface area contributed by atoms with Gasteiger partial charge in [-0.3, -0.25) is 9.48 Å². The molecule has 0 radical (unpaired) electrons. The molecule has 1 amide bonds. The molecule has 7 rings (SSSR count). The summed E-state index contributed by atoms with van der Waals surface area (Å²) < 4.78 is 21.6. The van der Waals surface area contributed by atoms with Crippen LogP contribution in [0.25, 0.3) is 32.8 Å². The van der Waals surface area contributed by atoms with Gasteiger partial charge in [-0.25, -0.2) is 4.79 Å². The molecule has 10 nitrogen and oxygen atoms in total. The van der Waals surface area contributed by atoms with Crippen molar-refractivity contribution in [2.45, 2.75) is 45.8 Å². The highest BCUT2D eigenvalue weighted by Crippen LogP contribution is 2.40. The Morgan fingerprint density at radius 1 is 0.979 bits per heavy atom. The Hall–Kier alpha value is -4.67. The number of ether oxygens (including phenoxy) is 3. The monoisotopic (exact) mass is 649 g/mol. The second kappa shape index (κ2) is 13.8. The van der Waals surface area contributed by atoms with E-state index in [0.29, 0.717) is 51.6 Å². The van der Waals surface area contributed by atoms with E-state index < -0.39 is 0 Å². The third kappa shape index (κ3) is 6.06. The van der Waals surface area contributed by atoms with Gasteiger partial charge in [0.05, 0.1) is 43.3 Å². The SMILES string of the molecule is CCOC(=O)c1c(CCCOc2cccc3ccccc23)c2cccc3c2n1CCCN(C)Cc1c-3c(CN2CCOCC2=O)nn1C. The van der Waals surface area contributed by atoms with Crippen molar-refractivity contribution in [3.05, 3.63) is 83.3 Å². The Balaban J connectivity index is 1.31. The Labute approximate surface area is 280 Å². The van der Waals surface area contributed by atoms with Gasteiger partial charge in [-0.05, 0) is 56.8 Å². The fourth-order valence-corrected chi connectivity index (χ4v) is 7.30. The van der Waals surface area contributed by atoms with Gasteiger partial charge in [0.1, 0.15) is 18.1 Å². The van der Waals surface area contributed by atoms with Crippen molar-refractivity contribution in [3.63, 3.8) is 0 Å². The number of rotatable bonds is 9. The standard InChI is InChI=1S/C38H43N5O5/c1-4-47-38(45)37-29(16-9-21-48-33-17-7-12-26-11-5-6-13-27(26)33)28-14-8-15-30-35-31(23-42-20-22-46-25-34(42)44)39-41(3)32(35)24-40(2)18-10-19-43(37)36(28)30/h5-8,11-15,17H,4,9-10,16,18-25H2,1-3H3. The Kier molecular flexibility index (Phi) is 9.19. The van der Waals surface area contributed by atoms with Gasteiger partial charge in [0.15, 0.2) is 0 Å². The van der Waals surface area contributed by atoms with E-state index in [1.807, 2.05) is 47.8 Å². The van der Waals surface area contributed by atoms with Crippen LogP contribution in [0.2, 0.25) is 0 Å². The van der Waals surface area contributed by atoms with Crippen molar-refractivity contribution in [2.24, 2.45) is 7.05 Å². The van der Waals surface area contributed by atoms with Crippen molar-refractivity contribution in [3.8, 4) is 16.9 Å². The first-order valence-corrected chi connectivity index (χ1v) is 17.0. The molecule has 0 spiro atoms. The number of aromatic nitrogens is 3. The molecule has 48 heavy (non-hydrogen) atoms. The van der Waals surface area contributed by atoms with Gasteiger partial charge in [-0.2, -0.15) is 5.10 Å². The van der Waals surface area contributed by atoms with Crippen LogP contribution in [0.3, 0.4) is 0 Å². The molecule has 2 aromatic heterocycles. The number of fused-ring (bicyclic) bond motifs is 3. The minimum Gasteiger partial charge on any atom is -0.493 e. The highest BCUT2D eigenvalue weighted by atomic mass is 16.5. The number of hydrogen-bond acceptors (Lipinski definition) is 7. The second-order valence-electron chi connectivity index (χ2n) is 12.7. The average Bonchev–Trinajstić information content (AvgIpc) is 3.57. The minimum absolute atomic E-state index is 0.0307. The van der Waals surface area contributed by atoms with Gasteiger partial charge in [0.25, 0.3) is 0 Å². The normalized spacial score (nSPS) is 15.6. The van der Waals surface area contributed by atoms with E-state index in [9.17, 15) is 9.59 Å². The molecule has 4 heterocycles. The van der Waals surface area contributed by atoms with Gasteiger partial charge in [0, 0.05) is 48.6 Å². The molecule has 0 saturated carbocycles. The molecule has 3 aromatic carbocycles. The quantitative estimate of drug-likeness (QED) is 0.152. The Morgan fingerprint density at radius 3 is 2.65 bits per heavy atom. The molecular weight excluding hydrogens is 606 g/mol. The first-order valence-electron chi connectivity index (χ1n) is 17.0. The topological polar surface area (TPSA) is 91.1 Å². The highest BCUT2D eigenvalue weighted by molar-refractivity contribution is 6.05. The van der Waals surface area contributed by atoms with Crippen LogP contribution in [-0.2, 0) is 47.4 Å². The summed E-state index contributed by atoms with van der Waals surface area (Å²) >= 11 is 0. The predicted molar refractivity (Wildman–Crippen MR) is 185 cm³/mol. The molecule has 0 N–H and O–H groups in total. The van der Waals surface area contributed by atoms with Crippen molar-refractivity contribution in [2.75, 3.05) is 46.6 Å². The first kappa shape index (κ1) is 31.9. The summed E-state index contributed by atoms with van der Waals surface area (Å²) in [5.41, 5.74) is 6.58. The lowest BCUT2D eigenvalue weighted by molar-refractivity contribution is -0.143. The maximum absolute atomic E-state index is 13.8. The molecule has 2 aliphatic rings. The molecule has 0 aliphatic carbocycles. The summed E-state index contributed by atoms with van der Waals surface area (Å²) in [4.78, 5) is 30.8. The molecule has 0 bridgehead atoms. The molecule has 1 saturated heterocycles. The number of esters is 1. The Morgan fingerprint density at radius 2 is 1.79 bits per heavy atom. The summed E-state index contributed by atoms with van der Waals surface area (Å²) in [6.07, 6.45) is 2.25. The predicted octanol–water partition coefficient (Wildman–Crippen LogP) is 5.58. The maximum atomic E-state index is 13.8. The van der Waals surface area contributed by atoms with Crippen LogP contribution in [0.1, 0.15) is 47.2 Å². The molecule has 2 aliphatic heterocycles. The number of nitrogens with zero attached hydrogens (tertiary/aromatic N) is 5. The number of hydrogen-bond donors (Lipinski definition) is 0. The molecule has 0 unspecified atom stereocenters. The first-order chi connectivity index (χ1) is 23.4. The van der Waals surface area contributed by atoms with E-state index in [2.05, 4.69) is 52.9 Å². The zero-order valence-corrected chi connectivity index (χ0v) is 28.0. The number of para-hydroxylation sites is 1. The van der Waals surface area contributed by atoms with E-state index in [1.54, 1.807) is 0 Å². The zero-order chi connectivity index (χ0) is 33.2. The van der Waals surface area contributed by atoms with Crippen LogP contribution in [0.5, 0.6) is 5.75 Å². The van der Waals surface area contributed by atoms with Gasteiger partial charge in [-0.1, -0.05) is 54.6 Å². The highest BCUT2D eigenvalue weighted by Gasteiger charge is 2.30. The molecule has 5 aromatic rings. The number of benzene rings is 3. The average molecular weight is 650 g/mol. The molecule has 1 fully saturated rings. The van der Waals surface area contributed by atoms with E-state index in [-0.39, 0.29) is 18.5 Å². The lowest BCUT2D eigenvalue weighted by Crippen LogP contribution is -2.41. The lowest BCUT2D eigenvalue weighted by Gasteiger charge is -2.26. The largest absolute Gasteiger partial charge is 0.493 e. The fraction of sp³-hybridized carbons (Fsp3) is 0.395. The molecule has 250 valence electrons. The van der Waals surface area contributed by atoms with Gasteiger partial charge >= 0.3 is 5.97 Å². The van der Waals surface area contributed by atoms with Crippen molar-refractivity contribution in [1.82, 2.24) is 24.1 Å². The number of carbonyl (C=O) groups excluding carboxylic acids is 2. The van der Waals surface area contributed by atoms with E-state index in [0.717, 1.165) is 81.4 Å². The summed E-state index contributed by atoms with van der Waals surface area (Å²) in [6, 6.07) is 20.7. The fourth-order valence-electron chi connectivity index (χ4n) is 7.30.